The molecule has 0 radical (unpaired) electrons. The normalized spacial score (nSPS) is 11.1. The second-order valence-corrected chi connectivity index (χ2v) is 7.01. The van der Waals surface area contributed by atoms with Gasteiger partial charge in [-0.2, -0.15) is 5.10 Å². The summed E-state index contributed by atoms with van der Waals surface area (Å²) in [6.07, 6.45) is 0. The first-order valence-electron chi connectivity index (χ1n) is 10.2. The van der Waals surface area contributed by atoms with Crippen LogP contribution in [0.1, 0.15) is 12.6 Å². The highest BCUT2D eigenvalue weighted by molar-refractivity contribution is 5.81. The van der Waals surface area contributed by atoms with Crippen LogP contribution in [0.25, 0.3) is 28.1 Å². The zero-order chi connectivity index (χ0) is 21.8. The van der Waals surface area contributed by atoms with Crippen LogP contribution in [0.4, 0.5) is 5.69 Å². The van der Waals surface area contributed by atoms with Gasteiger partial charge in [-0.3, -0.25) is 4.79 Å². The molecule has 0 saturated carbocycles. The van der Waals surface area contributed by atoms with E-state index in [1.165, 1.54) is 0 Å². The third-order valence-corrected chi connectivity index (χ3v) is 4.87. The zero-order valence-corrected chi connectivity index (χ0v) is 17.8. The fraction of sp³-hybridized carbons (Fsp3) is 0.261. The van der Waals surface area contributed by atoms with Gasteiger partial charge in [0.1, 0.15) is 17.1 Å². The predicted molar refractivity (Wildman–Crippen MR) is 121 cm³/mol. The van der Waals surface area contributed by atoms with Crippen LogP contribution in [0, 0.1) is 6.92 Å². The van der Waals surface area contributed by atoms with Gasteiger partial charge < -0.3 is 19.8 Å². The van der Waals surface area contributed by atoms with Crippen molar-refractivity contribution in [3.05, 3.63) is 64.6 Å². The van der Waals surface area contributed by atoms with Crippen molar-refractivity contribution in [2.75, 3.05) is 32.2 Å². The van der Waals surface area contributed by atoms with E-state index in [4.69, 9.17) is 14.5 Å². The van der Waals surface area contributed by atoms with Crippen LogP contribution in [0.3, 0.4) is 0 Å². The molecular formula is C23H25N5O3. The number of fused-ring (bicyclic) bond motifs is 1. The topological polar surface area (TPSA) is 94.1 Å². The molecule has 4 aromatic rings. The van der Waals surface area contributed by atoms with Crippen LogP contribution in [-0.2, 0) is 4.74 Å². The maximum Gasteiger partial charge on any atom is 0.277 e. The molecule has 0 spiro atoms. The number of aryl methyl sites for hydroxylation is 1. The lowest BCUT2D eigenvalue weighted by Crippen LogP contribution is -2.13. The van der Waals surface area contributed by atoms with E-state index >= 15 is 0 Å². The molecular weight excluding hydrogens is 394 g/mol. The number of rotatable bonds is 8. The predicted octanol–water partition coefficient (Wildman–Crippen LogP) is 3.54. The summed E-state index contributed by atoms with van der Waals surface area (Å²) in [7, 11) is 1.66. The Morgan fingerprint density at radius 2 is 1.97 bits per heavy atom. The van der Waals surface area contributed by atoms with E-state index in [0.29, 0.717) is 53.6 Å². The molecule has 0 unspecified atom stereocenters. The minimum atomic E-state index is -0.255. The largest absolute Gasteiger partial charge is 0.493 e. The maximum atomic E-state index is 13.1. The number of para-hydroxylation sites is 1. The van der Waals surface area contributed by atoms with E-state index in [9.17, 15) is 4.79 Å². The number of ether oxygens (including phenoxy) is 2. The molecule has 0 fully saturated rings. The summed E-state index contributed by atoms with van der Waals surface area (Å²) in [6, 6.07) is 15.3. The van der Waals surface area contributed by atoms with E-state index in [-0.39, 0.29) is 5.56 Å². The van der Waals surface area contributed by atoms with Gasteiger partial charge in [-0.1, -0.05) is 18.2 Å². The third kappa shape index (κ3) is 4.15. The number of hydrogen-bond donors (Lipinski definition) is 2. The van der Waals surface area contributed by atoms with Gasteiger partial charge in [-0.15, -0.1) is 0 Å². The molecule has 0 aliphatic carbocycles. The van der Waals surface area contributed by atoms with E-state index in [1.807, 2.05) is 62.4 Å². The molecule has 2 heterocycles. The molecule has 2 N–H and O–H groups in total. The number of methoxy groups -OCH3 is 1. The summed E-state index contributed by atoms with van der Waals surface area (Å²) in [5, 5.41) is 7.84. The fourth-order valence-corrected chi connectivity index (χ4v) is 3.45. The molecule has 0 aliphatic rings. The lowest BCUT2D eigenvalue weighted by atomic mass is 10.1. The monoisotopic (exact) mass is 419 g/mol. The van der Waals surface area contributed by atoms with E-state index in [0.717, 1.165) is 11.4 Å². The third-order valence-electron chi connectivity index (χ3n) is 4.87. The van der Waals surface area contributed by atoms with E-state index in [1.54, 1.807) is 11.8 Å². The molecule has 31 heavy (non-hydrogen) atoms. The molecule has 160 valence electrons. The maximum absolute atomic E-state index is 13.1. The van der Waals surface area contributed by atoms with Crippen LogP contribution in [0.2, 0.25) is 0 Å². The lowest BCUT2D eigenvalue weighted by Gasteiger charge is -2.13. The lowest BCUT2D eigenvalue weighted by molar-refractivity contribution is 0.211. The number of H-pyrrole nitrogens is 1. The number of nitrogens with one attached hydrogen (secondary N) is 2. The fourth-order valence-electron chi connectivity index (χ4n) is 3.45. The van der Waals surface area contributed by atoms with Crippen molar-refractivity contribution in [2.45, 2.75) is 13.8 Å². The van der Waals surface area contributed by atoms with Gasteiger partial charge in [0.05, 0.1) is 30.2 Å². The number of hydrogen-bond acceptors (Lipinski definition) is 6. The SMILES string of the molecule is CCOc1cc(NCCOC)ccc1-c1nc2c(C)nn(-c3ccccc3)c2c(=O)[nH]1. The van der Waals surface area contributed by atoms with Crippen molar-refractivity contribution >= 4 is 16.7 Å². The van der Waals surface area contributed by atoms with Gasteiger partial charge in [0.25, 0.3) is 5.56 Å². The molecule has 8 nitrogen and oxygen atoms in total. The standard InChI is InChI=1S/C23H25N5O3/c1-4-31-19-14-16(24-12-13-30-3)10-11-18(19)22-25-20-15(2)27-28(21(20)23(29)26-22)17-8-6-5-7-9-17/h5-11,14,24H,4,12-13H2,1-3H3,(H,25,26,29). The first-order valence-corrected chi connectivity index (χ1v) is 10.2. The van der Waals surface area contributed by atoms with Crippen LogP contribution in [0.15, 0.2) is 53.3 Å². The van der Waals surface area contributed by atoms with Gasteiger partial charge in [0.2, 0.25) is 0 Å². The summed E-state index contributed by atoms with van der Waals surface area (Å²) in [5.74, 6) is 1.08. The van der Waals surface area contributed by atoms with Gasteiger partial charge in [-0.25, -0.2) is 9.67 Å². The van der Waals surface area contributed by atoms with Crippen molar-refractivity contribution < 1.29 is 9.47 Å². The van der Waals surface area contributed by atoms with E-state index < -0.39 is 0 Å². The summed E-state index contributed by atoms with van der Waals surface area (Å²) < 4.78 is 12.6. The van der Waals surface area contributed by atoms with E-state index in [2.05, 4.69) is 15.4 Å². The summed E-state index contributed by atoms with van der Waals surface area (Å²) in [6.45, 7) is 5.54. The molecule has 2 aromatic heterocycles. The van der Waals surface area contributed by atoms with Gasteiger partial charge in [-0.05, 0) is 38.1 Å². The molecule has 8 heteroatoms. The first kappa shape index (κ1) is 20.6. The second kappa shape index (κ2) is 9.01. The Balaban J connectivity index is 1.80. The number of aromatic amines is 1. The average molecular weight is 419 g/mol. The van der Waals surface area contributed by atoms with Crippen molar-refractivity contribution in [3.63, 3.8) is 0 Å². The summed E-state index contributed by atoms with van der Waals surface area (Å²) in [5.41, 5.74) is 3.83. The smallest absolute Gasteiger partial charge is 0.277 e. The number of anilines is 1. The molecule has 2 aromatic carbocycles. The molecule has 0 atom stereocenters. The number of benzene rings is 2. The second-order valence-electron chi connectivity index (χ2n) is 7.01. The minimum Gasteiger partial charge on any atom is -0.493 e. The summed E-state index contributed by atoms with van der Waals surface area (Å²) in [4.78, 5) is 20.7. The van der Waals surface area contributed by atoms with Crippen LogP contribution < -0.4 is 15.6 Å². The van der Waals surface area contributed by atoms with Gasteiger partial charge >= 0.3 is 0 Å². The van der Waals surface area contributed by atoms with Gasteiger partial charge in [0.15, 0.2) is 5.52 Å². The summed E-state index contributed by atoms with van der Waals surface area (Å²) >= 11 is 0. The van der Waals surface area contributed by atoms with Crippen molar-refractivity contribution in [1.82, 2.24) is 19.7 Å². The molecule has 0 aliphatic heterocycles. The Hall–Kier alpha value is -3.65. The first-order chi connectivity index (χ1) is 15.1. The van der Waals surface area contributed by atoms with Crippen LogP contribution in [0.5, 0.6) is 5.75 Å². The number of nitrogens with zero attached hydrogens (tertiary/aromatic N) is 3. The molecule has 0 amide bonds. The van der Waals surface area contributed by atoms with Gasteiger partial charge in [0, 0.05) is 25.4 Å². The highest BCUT2D eigenvalue weighted by Gasteiger charge is 2.18. The van der Waals surface area contributed by atoms with Crippen molar-refractivity contribution in [2.24, 2.45) is 0 Å². The van der Waals surface area contributed by atoms with Crippen molar-refractivity contribution in [1.29, 1.82) is 0 Å². The van der Waals surface area contributed by atoms with Crippen LogP contribution in [-0.4, -0.2) is 46.6 Å². The Morgan fingerprint density at radius 1 is 1.16 bits per heavy atom. The van der Waals surface area contributed by atoms with Crippen molar-refractivity contribution in [3.8, 4) is 22.8 Å². The molecule has 0 bridgehead atoms. The highest BCUT2D eigenvalue weighted by atomic mass is 16.5. The quantitative estimate of drug-likeness (QED) is 0.424. The Bertz CT molecular complexity index is 1250. The Labute approximate surface area is 179 Å². The Morgan fingerprint density at radius 3 is 2.71 bits per heavy atom. The minimum absolute atomic E-state index is 0.255. The Kier molecular flexibility index (Phi) is 5.99. The number of aromatic nitrogens is 4. The highest BCUT2D eigenvalue weighted by Crippen LogP contribution is 2.31. The van der Waals surface area contributed by atoms with Crippen LogP contribution >= 0.6 is 0 Å². The molecule has 0 saturated heterocycles. The average Bonchev–Trinajstić information content (AvgIpc) is 3.12. The molecule has 4 rings (SSSR count). The zero-order valence-electron chi connectivity index (χ0n) is 17.8.